The van der Waals surface area contributed by atoms with Crippen LogP contribution in [0.2, 0.25) is 0 Å². The first-order valence-corrected chi connectivity index (χ1v) is 10.9. The number of anilines is 1. The van der Waals surface area contributed by atoms with E-state index in [4.69, 9.17) is 4.74 Å². The molecule has 1 aromatic heterocycles. The summed E-state index contributed by atoms with van der Waals surface area (Å²) in [5, 5.41) is 16.3. The van der Waals surface area contributed by atoms with E-state index in [0.29, 0.717) is 28.5 Å². The van der Waals surface area contributed by atoms with Crippen molar-refractivity contribution in [1.29, 1.82) is 5.26 Å². The molecule has 30 heavy (non-hydrogen) atoms. The number of hydrazone groups is 1. The molecular weight excluding hydrogens is 468 g/mol. The Kier molecular flexibility index (Phi) is 7.38. The van der Waals surface area contributed by atoms with Gasteiger partial charge in [-0.05, 0) is 49.4 Å². The molecule has 0 bridgehead atoms. The summed E-state index contributed by atoms with van der Waals surface area (Å²) >= 11 is 4.76. The van der Waals surface area contributed by atoms with Gasteiger partial charge in [-0.1, -0.05) is 28.6 Å². The highest BCUT2D eigenvalue weighted by Gasteiger charge is 2.23. The van der Waals surface area contributed by atoms with E-state index in [1.165, 1.54) is 17.6 Å². The van der Waals surface area contributed by atoms with Gasteiger partial charge in [0.2, 0.25) is 0 Å². The van der Waals surface area contributed by atoms with Gasteiger partial charge in [-0.3, -0.25) is 9.59 Å². The van der Waals surface area contributed by atoms with E-state index in [1.807, 2.05) is 0 Å². The Morgan fingerprint density at radius 1 is 1.33 bits per heavy atom. The van der Waals surface area contributed by atoms with Crippen molar-refractivity contribution >= 4 is 50.3 Å². The van der Waals surface area contributed by atoms with Crippen LogP contribution in [-0.2, 0) is 22.4 Å². The summed E-state index contributed by atoms with van der Waals surface area (Å²) in [5.41, 5.74) is 4.31. The molecule has 0 aliphatic heterocycles. The molecule has 1 aliphatic carbocycles. The summed E-state index contributed by atoms with van der Waals surface area (Å²) in [6, 6.07) is 7.45. The zero-order valence-electron chi connectivity index (χ0n) is 16.0. The second-order valence-electron chi connectivity index (χ2n) is 6.46. The lowest BCUT2D eigenvalue weighted by Crippen LogP contribution is -2.32. The summed E-state index contributed by atoms with van der Waals surface area (Å²) in [5.74, 6) is -1.17. The third kappa shape index (κ3) is 5.14. The number of carbonyl (C=O) groups excluding carboxylic acids is 2. The van der Waals surface area contributed by atoms with Crippen molar-refractivity contribution in [2.24, 2.45) is 5.10 Å². The van der Waals surface area contributed by atoms with Gasteiger partial charge in [0.25, 0.3) is 0 Å². The number of nitriles is 1. The van der Waals surface area contributed by atoms with Crippen LogP contribution in [0.1, 0.15) is 34.4 Å². The van der Waals surface area contributed by atoms with Gasteiger partial charge in [-0.25, -0.2) is 5.43 Å². The molecule has 3 rings (SSSR count). The average Bonchev–Trinajstić information content (AvgIpc) is 3.10. The van der Waals surface area contributed by atoms with Crippen molar-refractivity contribution < 1.29 is 14.3 Å². The van der Waals surface area contributed by atoms with Crippen molar-refractivity contribution in [2.75, 3.05) is 11.9 Å². The SMILES string of the molecule is C=CCOc1ccc(Br)c(C=NNC(=O)C(=O)Nc2sc3c(c2C#N)CCCC3)c1. The maximum atomic E-state index is 12.2. The van der Waals surface area contributed by atoms with Gasteiger partial charge < -0.3 is 10.1 Å². The van der Waals surface area contributed by atoms with E-state index in [0.717, 1.165) is 40.6 Å². The number of hydrogen-bond donors (Lipinski definition) is 2. The van der Waals surface area contributed by atoms with E-state index in [9.17, 15) is 14.9 Å². The summed E-state index contributed by atoms with van der Waals surface area (Å²) in [7, 11) is 0. The highest BCUT2D eigenvalue weighted by atomic mass is 79.9. The van der Waals surface area contributed by atoms with Crippen LogP contribution in [0, 0.1) is 11.3 Å². The number of amides is 2. The van der Waals surface area contributed by atoms with Crippen molar-refractivity contribution in [2.45, 2.75) is 25.7 Å². The molecule has 2 N–H and O–H groups in total. The summed E-state index contributed by atoms with van der Waals surface area (Å²) in [6.45, 7) is 3.96. The standard InChI is InChI=1S/C21H19BrN4O3S/c1-2-9-29-14-7-8-17(22)13(10-14)12-24-26-20(28)19(27)25-21-16(11-23)15-5-3-4-6-18(15)30-21/h2,7-8,10,12H,1,3-6,9H2,(H,25,27)(H,26,28). The number of aryl methyl sites for hydroxylation is 1. The van der Waals surface area contributed by atoms with Crippen LogP contribution >= 0.6 is 27.3 Å². The molecule has 2 amide bonds. The predicted molar refractivity (Wildman–Crippen MR) is 120 cm³/mol. The highest BCUT2D eigenvalue weighted by Crippen LogP contribution is 2.37. The number of halogens is 1. The van der Waals surface area contributed by atoms with Crippen LogP contribution < -0.4 is 15.5 Å². The lowest BCUT2D eigenvalue weighted by molar-refractivity contribution is -0.136. The Bertz CT molecular complexity index is 1060. The molecule has 0 radical (unpaired) electrons. The first-order valence-electron chi connectivity index (χ1n) is 9.25. The van der Waals surface area contributed by atoms with Crippen LogP contribution in [0.25, 0.3) is 0 Å². The summed E-state index contributed by atoms with van der Waals surface area (Å²) in [4.78, 5) is 25.5. The quantitative estimate of drug-likeness (QED) is 0.279. The van der Waals surface area contributed by atoms with Gasteiger partial charge >= 0.3 is 11.8 Å². The number of fused-ring (bicyclic) bond motifs is 1. The molecule has 0 atom stereocenters. The summed E-state index contributed by atoms with van der Waals surface area (Å²) in [6.07, 6.45) is 6.85. The highest BCUT2D eigenvalue weighted by molar-refractivity contribution is 9.10. The van der Waals surface area contributed by atoms with Crippen molar-refractivity contribution in [3.05, 3.63) is 56.9 Å². The van der Waals surface area contributed by atoms with Gasteiger partial charge in [0.1, 0.15) is 23.4 Å². The van der Waals surface area contributed by atoms with E-state index in [-0.39, 0.29) is 0 Å². The first kappa shape index (κ1) is 21.7. The fourth-order valence-electron chi connectivity index (χ4n) is 3.01. The molecule has 0 fully saturated rings. The van der Waals surface area contributed by atoms with Crippen molar-refractivity contribution in [1.82, 2.24) is 5.43 Å². The number of benzene rings is 1. The molecule has 1 aromatic carbocycles. The van der Waals surface area contributed by atoms with Gasteiger partial charge in [0.15, 0.2) is 0 Å². The molecule has 0 saturated heterocycles. The van der Waals surface area contributed by atoms with Crippen molar-refractivity contribution in [3.63, 3.8) is 0 Å². The molecule has 0 unspecified atom stereocenters. The molecule has 7 nitrogen and oxygen atoms in total. The zero-order valence-corrected chi connectivity index (χ0v) is 18.4. The molecule has 0 saturated carbocycles. The average molecular weight is 487 g/mol. The second kappa shape index (κ2) is 10.2. The van der Waals surface area contributed by atoms with E-state index in [2.05, 4.69) is 44.4 Å². The van der Waals surface area contributed by atoms with Crippen molar-refractivity contribution in [3.8, 4) is 11.8 Å². The molecule has 2 aromatic rings. The van der Waals surface area contributed by atoms with Gasteiger partial charge in [-0.15, -0.1) is 11.3 Å². The minimum absolute atomic E-state index is 0.367. The van der Waals surface area contributed by atoms with E-state index < -0.39 is 11.8 Å². The Hall–Kier alpha value is -2.96. The molecule has 1 heterocycles. The zero-order chi connectivity index (χ0) is 21.5. The first-order chi connectivity index (χ1) is 14.5. The van der Waals surface area contributed by atoms with E-state index >= 15 is 0 Å². The third-order valence-electron chi connectivity index (χ3n) is 4.42. The van der Waals surface area contributed by atoms with Crippen LogP contribution in [0.4, 0.5) is 5.00 Å². The van der Waals surface area contributed by atoms with Crippen LogP contribution in [0.15, 0.2) is 40.4 Å². The van der Waals surface area contributed by atoms with Crippen LogP contribution in [0.3, 0.4) is 0 Å². The van der Waals surface area contributed by atoms with Gasteiger partial charge in [0.05, 0.1) is 11.8 Å². The molecule has 9 heteroatoms. The number of hydrogen-bond acceptors (Lipinski definition) is 6. The van der Waals surface area contributed by atoms with E-state index in [1.54, 1.807) is 24.3 Å². The normalized spacial score (nSPS) is 12.7. The van der Waals surface area contributed by atoms with Crippen LogP contribution in [-0.4, -0.2) is 24.6 Å². The van der Waals surface area contributed by atoms with Crippen LogP contribution in [0.5, 0.6) is 5.75 Å². The maximum absolute atomic E-state index is 12.2. The number of nitrogens with one attached hydrogen (secondary N) is 2. The minimum Gasteiger partial charge on any atom is -0.490 e. The summed E-state index contributed by atoms with van der Waals surface area (Å²) < 4.78 is 6.21. The monoisotopic (exact) mass is 486 g/mol. The Morgan fingerprint density at radius 2 is 2.13 bits per heavy atom. The maximum Gasteiger partial charge on any atom is 0.329 e. The lowest BCUT2D eigenvalue weighted by Gasteiger charge is -2.09. The fraction of sp³-hybridized carbons (Fsp3) is 0.238. The largest absolute Gasteiger partial charge is 0.490 e. The number of ether oxygens (including phenoxy) is 1. The predicted octanol–water partition coefficient (Wildman–Crippen LogP) is 3.91. The third-order valence-corrected chi connectivity index (χ3v) is 6.35. The minimum atomic E-state index is -0.920. The number of carbonyl (C=O) groups is 2. The molecular formula is C21H19BrN4O3S. The fourth-order valence-corrected chi connectivity index (χ4v) is 4.59. The van der Waals surface area contributed by atoms with Gasteiger partial charge in [0, 0.05) is 14.9 Å². The topological polar surface area (TPSA) is 104 Å². The Morgan fingerprint density at radius 3 is 2.90 bits per heavy atom. The van der Waals surface area contributed by atoms with Gasteiger partial charge in [-0.2, -0.15) is 10.4 Å². The number of rotatable bonds is 6. The lowest BCUT2D eigenvalue weighted by atomic mass is 9.96. The smallest absolute Gasteiger partial charge is 0.329 e. The second-order valence-corrected chi connectivity index (χ2v) is 8.42. The number of thiophene rings is 1. The molecule has 0 spiro atoms. The molecule has 154 valence electrons. The Balaban J connectivity index is 1.63. The molecule has 1 aliphatic rings. The number of nitrogens with zero attached hydrogens (tertiary/aromatic N) is 2. The Labute approximate surface area is 186 Å².